The second kappa shape index (κ2) is 7.27. The molecular weight excluding hydrogens is 250 g/mol. The first-order chi connectivity index (χ1) is 9.70. The third-order valence-corrected chi connectivity index (χ3v) is 4.00. The molecule has 0 aromatic carbocycles. The second-order valence-electron chi connectivity index (χ2n) is 5.64. The number of aryl methyl sites for hydroxylation is 1. The van der Waals surface area contributed by atoms with E-state index in [1.54, 1.807) is 6.20 Å². The van der Waals surface area contributed by atoms with Crippen molar-refractivity contribution in [2.45, 2.75) is 57.9 Å². The topological polar surface area (TPSA) is 54.0 Å². The van der Waals surface area contributed by atoms with Crippen molar-refractivity contribution in [2.24, 2.45) is 0 Å². The Labute approximate surface area is 121 Å². The van der Waals surface area contributed by atoms with Gasteiger partial charge >= 0.3 is 0 Å². The lowest BCUT2D eigenvalue weighted by Crippen LogP contribution is -2.35. The molecule has 110 valence electrons. The molecule has 1 aromatic heterocycles. The molecule has 0 atom stereocenters. The summed E-state index contributed by atoms with van der Waals surface area (Å²) in [4.78, 5) is 16.6. The maximum atomic E-state index is 12.4. The Morgan fingerprint density at radius 2 is 1.85 bits per heavy atom. The quantitative estimate of drug-likeness (QED) is 0.890. The van der Waals surface area contributed by atoms with Crippen LogP contribution in [0.5, 0.6) is 0 Å². The first kappa shape index (κ1) is 14.8. The minimum absolute atomic E-state index is 0.00702. The number of hydrogen-bond donors (Lipinski definition) is 2. The number of nitrogens with zero attached hydrogens (tertiary/aromatic N) is 1. The van der Waals surface area contributed by atoms with Crippen LogP contribution in [0.15, 0.2) is 12.3 Å². The molecule has 2 N–H and O–H groups in total. The average molecular weight is 275 g/mol. The average Bonchev–Trinajstić information content (AvgIpc) is 2.41. The van der Waals surface area contributed by atoms with Crippen LogP contribution in [0, 0.1) is 6.92 Å². The fraction of sp³-hybridized carbons (Fsp3) is 0.625. The molecule has 1 aromatic rings. The summed E-state index contributed by atoms with van der Waals surface area (Å²) in [5.74, 6) is -0.00702. The van der Waals surface area contributed by atoms with Crippen molar-refractivity contribution >= 4 is 11.6 Å². The van der Waals surface area contributed by atoms with Gasteiger partial charge in [-0.15, -0.1) is 0 Å². The van der Waals surface area contributed by atoms with Gasteiger partial charge in [0.1, 0.15) is 0 Å². The van der Waals surface area contributed by atoms with Gasteiger partial charge in [-0.3, -0.25) is 9.78 Å². The Morgan fingerprint density at radius 3 is 2.50 bits per heavy atom. The van der Waals surface area contributed by atoms with Gasteiger partial charge in [-0.1, -0.05) is 32.1 Å². The molecule has 1 amide bonds. The van der Waals surface area contributed by atoms with Gasteiger partial charge in [0.2, 0.25) is 0 Å². The van der Waals surface area contributed by atoms with Crippen molar-refractivity contribution in [3.8, 4) is 0 Å². The van der Waals surface area contributed by atoms with Crippen molar-refractivity contribution in [2.75, 3.05) is 12.4 Å². The van der Waals surface area contributed by atoms with Gasteiger partial charge < -0.3 is 10.6 Å². The van der Waals surface area contributed by atoms with Crippen LogP contribution in [-0.4, -0.2) is 24.0 Å². The molecule has 0 saturated heterocycles. The number of aromatic nitrogens is 1. The van der Waals surface area contributed by atoms with E-state index >= 15 is 0 Å². The Morgan fingerprint density at radius 1 is 1.20 bits per heavy atom. The molecule has 0 radical (unpaired) electrons. The van der Waals surface area contributed by atoms with Gasteiger partial charge in [0.05, 0.1) is 11.3 Å². The van der Waals surface area contributed by atoms with Crippen molar-refractivity contribution < 1.29 is 4.79 Å². The molecular formula is C16H25N3O. The summed E-state index contributed by atoms with van der Waals surface area (Å²) < 4.78 is 0. The van der Waals surface area contributed by atoms with Crippen LogP contribution < -0.4 is 10.6 Å². The van der Waals surface area contributed by atoms with Gasteiger partial charge in [0, 0.05) is 25.0 Å². The van der Waals surface area contributed by atoms with Crippen LogP contribution in [0.25, 0.3) is 0 Å². The second-order valence-corrected chi connectivity index (χ2v) is 5.64. The predicted octanol–water partition coefficient (Wildman–Crippen LogP) is 3.27. The summed E-state index contributed by atoms with van der Waals surface area (Å²) >= 11 is 0. The van der Waals surface area contributed by atoms with Crippen LogP contribution in [0.3, 0.4) is 0 Å². The molecule has 1 aliphatic carbocycles. The van der Waals surface area contributed by atoms with Crippen LogP contribution in [0.1, 0.15) is 61.0 Å². The molecule has 4 heteroatoms. The molecule has 1 aliphatic rings. The zero-order chi connectivity index (χ0) is 14.4. The Kier molecular flexibility index (Phi) is 5.39. The van der Waals surface area contributed by atoms with E-state index in [4.69, 9.17) is 0 Å². The van der Waals surface area contributed by atoms with E-state index in [2.05, 4.69) is 15.6 Å². The van der Waals surface area contributed by atoms with E-state index in [0.717, 1.165) is 24.2 Å². The summed E-state index contributed by atoms with van der Waals surface area (Å²) in [7, 11) is 1.83. The standard InChI is InChI=1S/C16H25N3O/c1-12-10-15(17-2)14(11-18-12)16(20)19-13-8-6-4-3-5-7-9-13/h10-11,13H,3-9H2,1-2H3,(H,17,18)(H,19,20). The fourth-order valence-corrected chi connectivity index (χ4v) is 2.81. The van der Waals surface area contributed by atoms with Gasteiger partial charge in [-0.05, 0) is 25.8 Å². The third-order valence-electron chi connectivity index (χ3n) is 4.00. The molecule has 0 bridgehead atoms. The van der Waals surface area contributed by atoms with Crippen molar-refractivity contribution in [3.05, 3.63) is 23.5 Å². The number of rotatable bonds is 3. The van der Waals surface area contributed by atoms with Gasteiger partial charge in [-0.2, -0.15) is 0 Å². The summed E-state index contributed by atoms with van der Waals surface area (Å²) in [6.45, 7) is 1.93. The first-order valence-electron chi connectivity index (χ1n) is 7.66. The van der Waals surface area contributed by atoms with E-state index in [9.17, 15) is 4.79 Å². The van der Waals surface area contributed by atoms with Crippen LogP contribution in [0.2, 0.25) is 0 Å². The number of carbonyl (C=O) groups excluding carboxylic acids is 1. The van der Waals surface area contributed by atoms with E-state index in [0.29, 0.717) is 11.6 Å². The number of anilines is 1. The van der Waals surface area contributed by atoms with Crippen molar-refractivity contribution in [1.29, 1.82) is 0 Å². The van der Waals surface area contributed by atoms with E-state index in [1.807, 2.05) is 20.0 Å². The smallest absolute Gasteiger partial charge is 0.255 e. The van der Waals surface area contributed by atoms with Crippen LogP contribution in [-0.2, 0) is 0 Å². The lowest BCUT2D eigenvalue weighted by Gasteiger charge is -2.21. The van der Waals surface area contributed by atoms with Crippen molar-refractivity contribution in [3.63, 3.8) is 0 Å². The summed E-state index contributed by atoms with van der Waals surface area (Å²) in [6.07, 6.45) is 10.2. The normalized spacial score (nSPS) is 17.1. The van der Waals surface area contributed by atoms with E-state index < -0.39 is 0 Å². The molecule has 0 unspecified atom stereocenters. The first-order valence-corrected chi connectivity index (χ1v) is 7.66. The SMILES string of the molecule is CNc1cc(C)ncc1C(=O)NC1CCCCCCC1. The Hall–Kier alpha value is -1.58. The highest BCUT2D eigenvalue weighted by atomic mass is 16.1. The number of pyridine rings is 1. The molecule has 0 spiro atoms. The number of amides is 1. The number of nitrogens with one attached hydrogen (secondary N) is 2. The summed E-state index contributed by atoms with van der Waals surface area (Å²) in [6, 6.07) is 2.22. The monoisotopic (exact) mass is 275 g/mol. The minimum Gasteiger partial charge on any atom is -0.387 e. The van der Waals surface area contributed by atoms with Crippen LogP contribution in [0.4, 0.5) is 5.69 Å². The molecule has 20 heavy (non-hydrogen) atoms. The molecule has 2 rings (SSSR count). The maximum Gasteiger partial charge on any atom is 0.255 e. The Balaban J connectivity index is 2.03. The molecule has 1 fully saturated rings. The van der Waals surface area contributed by atoms with Gasteiger partial charge in [-0.25, -0.2) is 0 Å². The number of hydrogen-bond acceptors (Lipinski definition) is 3. The number of carbonyl (C=O) groups is 1. The highest BCUT2D eigenvalue weighted by Crippen LogP contribution is 2.19. The van der Waals surface area contributed by atoms with Gasteiger partial charge in [0.15, 0.2) is 0 Å². The van der Waals surface area contributed by atoms with Gasteiger partial charge in [0.25, 0.3) is 5.91 Å². The zero-order valence-corrected chi connectivity index (χ0v) is 12.5. The molecule has 4 nitrogen and oxygen atoms in total. The highest BCUT2D eigenvalue weighted by Gasteiger charge is 2.17. The summed E-state index contributed by atoms with van der Waals surface area (Å²) in [5.41, 5.74) is 2.40. The third kappa shape index (κ3) is 3.95. The molecule has 1 heterocycles. The van der Waals surface area contributed by atoms with Crippen molar-refractivity contribution in [1.82, 2.24) is 10.3 Å². The van der Waals surface area contributed by atoms with E-state index in [-0.39, 0.29) is 5.91 Å². The molecule has 1 saturated carbocycles. The van der Waals surface area contributed by atoms with Crippen LogP contribution >= 0.6 is 0 Å². The lowest BCUT2D eigenvalue weighted by atomic mass is 9.96. The summed E-state index contributed by atoms with van der Waals surface area (Å²) in [5, 5.41) is 6.25. The Bertz CT molecular complexity index is 451. The zero-order valence-electron chi connectivity index (χ0n) is 12.5. The maximum absolute atomic E-state index is 12.4. The largest absolute Gasteiger partial charge is 0.387 e. The molecule has 0 aliphatic heterocycles. The lowest BCUT2D eigenvalue weighted by molar-refractivity contribution is 0.0931. The van der Waals surface area contributed by atoms with E-state index in [1.165, 1.54) is 32.1 Å². The highest BCUT2D eigenvalue weighted by molar-refractivity contribution is 5.99. The predicted molar refractivity (Wildman–Crippen MR) is 82.1 cm³/mol. The minimum atomic E-state index is -0.00702. The fourth-order valence-electron chi connectivity index (χ4n) is 2.81.